The molecule has 0 fully saturated rings. The highest BCUT2D eigenvalue weighted by atomic mass is 35.5. The van der Waals surface area contributed by atoms with Crippen LogP contribution in [0.2, 0.25) is 5.02 Å². The molecule has 5 nitrogen and oxygen atoms in total. The maximum atomic E-state index is 12.1. The molecule has 2 rings (SSSR count). The second-order valence-corrected chi connectivity index (χ2v) is 4.80. The van der Waals surface area contributed by atoms with Gasteiger partial charge in [-0.15, -0.1) is 0 Å². The van der Waals surface area contributed by atoms with Crippen LogP contribution in [0.1, 0.15) is 16.8 Å². The molecule has 0 aliphatic heterocycles. The van der Waals surface area contributed by atoms with E-state index in [1.807, 2.05) is 0 Å². The molecule has 0 spiro atoms. The van der Waals surface area contributed by atoms with E-state index in [1.54, 1.807) is 54.6 Å². The second-order valence-electron chi connectivity index (χ2n) is 4.39. The van der Waals surface area contributed by atoms with E-state index in [1.165, 1.54) is 0 Å². The number of rotatable bonds is 4. The van der Waals surface area contributed by atoms with Crippen molar-refractivity contribution in [1.29, 1.82) is 5.26 Å². The maximum Gasteiger partial charge on any atom is 0.257 e. The van der Waals surface area contributed by atoms with Crippen molar-refractivity contribution in [3.05, 3.63) is 59.1 Å². The molecule has 0 saturated heterocycles. The third-order valence-corrected chi connectivity index (χ3v) is 3.11. The van der Waals surface area contributed by atoms with Crippen LogP contribution >= 0.6 is 11.6 Å². The summed E-state index contributed by atoms with van der Waals surface area (Å²) in [5.74, 6) is -0.692. The summed E-state index contributed by atoms with van der Waals surface area (Å²) in [5, 5.41) is 14.1. The number of nitrogens with zero attached hydrogens (tertiary/aromatic N) is 1. The number of nitriles is 1. The lowest BCUT2D eigenvalue weighted by Crippen LogP contribution is -2.13. The fourth-order valence-electron chi connectivity index (χ4n) is 1.76. The lowest BCUT2D eigenvalue weighted by atomic mass is 10.2. The molecule has 0 aromatic heterocycles. The number of carbonyl (C=O) groups excluding carboxylic acids is 2. The molecular weight excluding hydrogens is 302 g/mol. The van der Waals surface area contributed by atoms with Gasteiger partial charge < -0.3 is 10.6 Å². The smallest absolute Gasteiger partial charge is 0.257 e. The Kier molecular flexibility index (Phi) is 5.12. The molecule has 2 amide bonds. The normalized spacial score (nSPS) is 9.64. The number of amides is 2. The van der Waals surface area contributed by atoms with Crippen LogP contribution in [-0.2, 0) is 4.79 Å². The van der Waals surface area contributed by atoms with Crippen LogP contribution in [0.25, 0.3) is 0 Å². The lowest BCUT2D eigenvalue weighted by molar-refractivity contribution is -0.115. The third kappa shape index (κ3) is 4.08. The summed E-state index contributed by atoms with van der Waals surface area (Å²) >= 11 is 5.96. The summed E-state index contributed by atoms with van der Waals surface area (Å²) in [6.07, 6.45) is -0.203. The van der Waals surface area contributed by atoms with E-state index in [9.17, 15) is 9.59 Å². The van der Waals surface area contributed by atoms with Crippen molar-refractivity contribution >= 4 is 34.8 Å². The third-order valence-electron chi connectivity index (χ3n) is 2.78. The monoisotopic (exact) mass is 313 g/mol. The standard InChI is InChI=1S/C16H12ClN3O2/c17-14-4-2-1-3-13(14)16(22)20-12-7-5-11(6-8-12)19-15(21)9-10-18/h1-8H,9H2,(H,19,21)(H,20,22). The average molecular weight is 314 g/mol. The van der Waals surface area contributed by atoms with Crippen molar-refractivity contribution < 1.29 is 9.59 Å². The number of halogens is 1. The molecule has 0 bridgehead atoms. The highest BCUT2D eigenvalue weighted by molar-refractivity contribution is 6.34. The first-order valence-electron chi connectivity index (χ1n) is 6.43. The number of benzene rings is 2. The molecule has 0 aliphatic rings. The minimum absolute atomic E-state index is 0.203. The van der Waals surface area contributed by atoms with Gasteiger partial charge in [-0.3, -0.25) is 9.59 Å². The number of anilines is 2. The van der Waals surface area contributed by atoms with Gasteiger partial charge in [-0.25, -0.2) is 0 Å². The Hall–Kier alpha value is -2.84. The Morgan fingerprint density at radius 3 is 2.18 bits per heavy atom. The summed E-state index contributed by atoms with van der Waals surface area (Å²) in [6.45, 7) is 0. The Balaban J connectivity index is 2.03. The quantitative estimate of drug-likeness (QED) is 0.907. The Labute approximate surface area is 132 Å². The summed E-state index contributed by atoms with van der Waals surface area (Å²) < 4.78 is 0. The highest BCUT2D eigenvalue weighted by Crippen LogP contribution is 2.18. The van der Waals surface area contributed by atoms with E-state index in [-0.39, 0.29) is 18.2 Å². The average Bonchev–Trinajstić information content (AvgIpc) is 2.50. The fourth-order valence-corrected chi connectivity index (χ4v) is 1.98. The molecule has 6 heteroatoms. The molecule has 0 atom stereocenters. The van der Waals surface area contributed by atoms with E-state index >= 15 is 0 Å². The van der Waals surface area contributed by atoms with E-state index in [4.69, 9.17) is 16.9 Å². The van der Waals surface area contributed by atoms with Crippen molar-refractivity contribution in [2.75, 3.05) is 10.6 Å². The lowest BCUT2D eigenvalue weighted by Gasteiger charge is -2.08. The summed E-state index contributed by atoms with van der Waals surface area (Å²) in [5.41, 5.74) is 1.51. The van der Waals surface area contributed by atoms with Crippen molar-refractivity contribution in [2.24, 2.45) is 0 Å². The zero-order chi connectivity index (χ0) is 15.9. The van der Waals surface area contributed by atoms with Gasteiger partial charge in [0.2, 0.25) is 5.91 Å². The topological polar surface area (TPSA) is 82.0 Å². The van der Waals surface area contributed by atoms with Gasteiger partial charge in [0.1, 0.15) is 6.42 Å². The van der Waals surface area contributed by atoms with Crippen LogP contribution in [0.3, 0.4) is 0 Å². The van der Waals surface area contributed by atoms with Crippen LogP contribution in [-0.4, -0.2) is 11.8 Å². The van der Waals surface area contributed by atoms with Crippen LogP contribution in [0, 0.1) is 11.3 Å². The number of hydrogen-bond acceptors (Lipinski definition) is 3. The Morgan fingerprint density at radius 2 is 1.59 bits per heavy atom. The predicted octanol–water partition coefficient (Wildman–Crippen LogP) is 3.44. The molecule has 2 aromatic rings. The summed E-state index contributed by atoms with van der Waals surface area (Å²) in [7, 11) is 0. The second kappa shape index (κ2) is 7.25. The molecule has 0 heterocycles. The summed E-state index contributed by atoms with van der Waals surface area (Å²) in [6, 6.07) is 15.1. The van der Waals surface area contributed by atoms with E-state index in [0.29, 0.717) is 22.0 Å². The van der Waals surface area contributed by atoms with Gasteiger partial charge in [-0.1, -0.05) is 23.7 Å². The predicted molar refractivity (Wildman–Crippen MR) is 84.7 cm³/mol. The minimum atomic E-state index is -0.379. The Morgan fingerprint density at radius 1 is 1.00 bits per heavy atom. The van der Waals surface area contributed by atoms with Gasteiger partial charge in [0, 0.05) is 11.4 Å². The molecule has 0 radical (unpaired) electrons. The van der Waals surface area contributed by atoms with Gasteiger partial charge in [0.05, 0.1) is 16.7 Å². The highest BCUT2D eigenvalue weighted by Gasteiger charge is 2.09. The maximum absolute atomic E-state index is 12.1. The van der Waals surface area contributed by atoms with Crippen molar-refractivity contribution in [3.63, 3.8) is 0 Å². The minimum Gasteiger partial charge on any atom is -0.325 e. The van der Waals surface area contributed by atoms with E-state index in [2.05, 4.69) is 10.6 Å². The number of hydrogen-bond donors (Lipinski definition) is 2. The zero-order valence-corrected chi connectivity index (χ0v) is 12.2. The molecule has 0 unspecified atom stereocenters. The van der Waals surface area contributed by atoms with Crippen molar-refractivity contribution in [3.8, 4) is 6.07 Å². The SMILES string of the molecule is N#CCC(=O)Nc1ccc(NC(=O)c2ccccc2Cl)cc1. The first-order valence-corrected chi connectivity index (χ1v) is 6.80. The van der Waals surface area contributed by atoms with Gasteiger partial charge in [-0.2, -0.15) is 5.26 Å². The van der Waals surface area contributed by atoms with Crippen LogP contribution < -0.4 is 10.6 Å². The molecule has 0 saturated carbocycles. The van der Waals surface area contributed by atoms with Crippen molar-refractivity contribution in [1.82, 2.24) is 0 Å². The first-order chi connectivity index (χ1) is 10.6. The molecule has 22 heavy (non-hydrogen) atoms. The van der Waals surface area contributed by atoms with Gasteiger partial charge in [-0.05, 0) is 36.4 Å². The van der Waals surface area contributed by atoms with Gasteiger partial charge in [0.15, 0.2) is 0 Å². The van der Waals surface area contributed by atoms with E-state index < -0.39 is 0 Å². The molecular formula is C16H12ClN3O2. The van der Waals surface area contributed by atoms with Crippen LogP contribution in [0.4, 0.5) is 11.4 Å². The van der Waals surface area contributed by atoms with Crippen molar-refractivity contribution in [2.45, 2.75) is 6.42 Å². The number of carbonyl (C=O) groups is 2. The number of nitrogens with one attached hydrogen (secondary N) is 2. The van der Waals surface area contributed by atoms with E-state index in [0.717, 1.165) is 0 Å². The molecule has 2 N–H and O–H groups in total. The fraction of sp³-hybridized carbons (Fsp3) is 0.0625. The zero-order valence-electron chi connectivity index (χ0n) is 11.5. The molecule has 110 valence electrons. The Bertz CT molecular complexity index is 736. The van der Waals surface area contributed by atoms with Gasteiger partial charge >= 0.3 is 0 Å². The first kappa shape index (κ1) is 15.5. The van der Waals surface area contributed by atoms with Gasteiger partial charge in [0.25, 0.3) is 5.91 Å². The molecule has 2 aromatic carbocycles. The van der Waals surface area contributed by atoms with Crippen LogP contribution in [0.15, 0.2) is 48.5 Å². The van der Waals surface area contributed by atoms with Crippen LogP contribution in [0.5, 0.6) is 0 Å². The molecule has 0 aliphatic carbocycles. The largest absolute Gasteiger partial charge is 0.325 e. The summed E-state index contributed by atoms with van der Waals surface area (Å²) in [4.78, 5) is 23.4.